The highest BCUT2D eigenvalue weighted by Crippen LogP contribution is 2.20. The van der Waals surface area contributed by atoms with Crippen LogP contribution < -0.4 is 5.73 Å². The Labute approximate surface area is 121 Å². The van der Waals surface area contributed by atoms with Crippen LogP contribution in [0.2, 0.25) is 0 Å². The Hall–Kier alpha value is -2.69. The molecule has 0 aliphatic heterocycles. The number of fused-ring (bicyclic) bond motifs is 1. The van der Waals surface area contributed by atoms with Gasteiger partial charge in [0.15, 0.2) is 0 Å². The summed E-state index contributed by atoms with van der Waals surface area (Å²) in [6, 6.07) is 3.97. The van der Waals surface area contributed by atoms with E-state index in [1.807, 2.05) is 29.8 Å². The van der Waals surface area contributed by atoms with Crippen molar-refractivity contribution in [2.24, 2.45) is 10.7 Å². The fourth-order valence-corrected chi connectivity index (χ4v) is 2.23. The van der Waals surface area contributed by atoms with Crippen molar-refractivity contribution in [2.75, 3.05) is 0 Å². The van der Waals surface area contributed by atoms with Gasteiger partial charge in [-0.2, -0.15) is 0 Å². The summed E-state index contributed by atoms with van der Waals surface area (Å²) in [6.45, 7) is 1.91. The predicted molar refractivity (Wildman–Crippen MR) is 82.4 cm³/mol. The van der Waals surface area contributed by atoms with Crippen LogP contribution in [0.25, 0.3) is 10.9 Å². The monoisotopic (exact) mass is 282 g/mol. The topological polar surface area (TPSA) is 56.2 Å². The van der Waals surface area contributed by atoms with Crippen LogP contribution in [0.5, 0.6) is 0 Å². The molecule has 0 saturated heterocycles. The number of nitrogens with zero attached hydrogens (tertiary/aromatic N) is 3. The number of rotatable bonds is 1. The molecule has 21 heavy (non-hydrogen) atoms. The first-order valence-corrected chi connectivity index (χ1v) is 6.62. The van der Waals surface area contributed by atoms with Gasteiger partial charge in [0, 0.05) is 36.1 Å². The minimum absolute atomic E-state index is 0.243. The number of aromatic nitrogens is 2. The molecule has 4 nitrogen and oxygen atoms in total. The van der Waals surface area contributed by atoms with Gasteiger partial charge in [-0.05, 0) is 30.7 Å². The molecule has 3 rings (SSSR count). The minimum atomic E-state index is -0.365. The molecule has 0 aromatic carbocycles. The summed E-state index contributed by atoms with van der Waals surface area (Å²) < 4.78 is 15.1. The summed E-state index contributed by atoms with van der Waals surface area (Å²) in [4.78, 5) is 8.57. The van der Waals surface area contributed by atoms with Crippen molar-refractivity contribution in [3.8, 4) is 0 Å². The number of hydrogen-bond acceptors (Lipinski definition) is 3. The Balaban J connectivity index is 1.89. The molecule has 0 spiro atoms. The second-order valence-corrected chi connectivity index (χ2v) is 4.88. The molecule has 0 radical (unpaired) electrons. The maximum absolute atomic E-state index is 13.1. The molecule has 0 saturated carbocycles. The number of halogens is 1. The highest BCUT2D eigenvalue weighted by Gasteiger charge is 2.07. The Bertz CT molecular complexity index is 809. The van der Waals surface area contributed by atoms with Crippen LogP contribution in [-0.2, 0) is 0 Å². The Morgan fingerprint density at radius 1 is 1.43 bits per heavy atom. The molecule has 0 atom stereocenters. The number of allylic oxidation sites excluding steroid dienone is 4. The molecular weight excluding hydrogens is 267 g/mol. The maximum Gasteiger partial charge on any atom is 0.142 e. The molecule has 1 aliphatic carbocycles. The van der Waals surface area contributed by atoms with Crippen molar-refractivity contribution >= 4 is 16.7 Å². The SMILES string of the molecule is CC(=N/C=C1/C=CC(F)=C(N)C1)n1ccc2ccncc21. The third kappa shape index (κ3) is 2.63. The fourth-order valence-electron chi connectivity index (χ4n) is 2.23. The van der Waals surface area contributed by atoms with Gasteiger partial charge < -0.3 is 10.3 Å². The summed E-state index contributed by atoms with van der Waals surface area (Å²) in [7, 11) is 0. The van der Waals surface area contributed by atoms with Gasteiger partial charge in [0.25, 0.3) is 0 Å². The van der Waals surface area contributed by atoms with Crippen LogP contribution in [0, 0.1) is 0 Å². The van der Waals surface area contributed by atoms with E-state index < -0.39 is 0 Å². The zero-order valence-corrected chi connectivity index (χ0v) is 11.6. The summed E-state index contributed by atoms with van der Waals surface area (Å²) in [5.74, 6) is 0.447. The summed E-state index contributed by atoms with van der Waals surface area (Å²) in [5, 5.41) is 1.11. The lowest BCUT2D eigenvalue weighted by Crippen LogP contribution is -2.06. The van der Waals surface area contributed by atoms with Crippen LogP contribution in [-0.4, -0.2) is 15.4 Å². The van der Waals surface area contributed by atoms with Crippen molar-refractivity contribution in [1.29, 1.82) is 0 Å². The molecule has 106 valence electrons. The zero-order chi connectivity index (χ0) is 14.8. The lowest BCUT2D eigenvalue weighted by Gasteiger charge is -2.08. The second kappa shape index (κ2) is 5.36. The van der Waals surface area contributed by atoms with E-state index >= 15 is 0 Å². The summed E-state index contributed by atoms with van der Waals surface area (Å²) in [5.41, 5.74) is 7.72. The van der Waals surface area contributed by atoms with Crippen LogP contribution in [0.1, 0.15) is 13.3 Å². The van der Waals surface area contributed by atoms with Crippen molar-refractivity contribution in [3.05, 3.63) is 66.2 Å². The molecule has 0 fully saturated rings. The molecule has 0 bridgehead atoms. The van der Waals surface area contributed by atoms with Crippen molar-refractivity contribution in [2.45, 2.75) is 13.3 Å². The van der Waals surface area contributed by atoms with Crippen LogP contribution in [0.3, 0.4) is 0 Å². The number of aliphatic imine (C=N–C) groups is 1. The van der Waals surface area contributed by atoms with E-state index in [1.54, 1.807) is 24.7 Å². The average Bonchev–Trinajstić information content (AvgIpc) is 2.92. The first kappa shape index (κ1) is 13.3. The minimum Gasteiger partial charge on any atom is -0.399 e. The van der Waals surface area contributed by atoms with Gasteiger partial charge >= 0.3 is 0 Å². The number of nitrogens with two attached hydrogens (primary N) is 1. The molecular formula is C16H15FN4. The van der Waals surface area contributed by atoms with Gasteiger partial charge in [-0.15, -0.1) is 0 Å². The fraction of sp³-hybridized carbons (Fsp3) is 0.125. The largest absolute Gasteiger partial charge is 0.399 e. The first-order chi connectivity index (χ1) is 10.1. The van der Waals surface area contributed by atoms with Gasteiger partial charge in [0.1, 0.15) is 11.7 Å². The predicted octanol–water partition coefficient (Wildman–Crippen LogP) is 3.29. The lowest BCUT2D eigenvalue weighted by atomic mass is 10.1. The Kier molecular flexibility index (Phi) is 3.39. The van der Waals surface area contributed by atoms with E-state index in [4.69, 9.17) is 5.73 Å². The lowest BCUT2D eigenvalue weighted by molar-refractivity contribution is 0.643. The molecule has 0 unspecified atom stereocenters. The van der Waals surface area contributed by atoms with E-state index in [0.717, 1.165) is 22.3 Å². The number of hydrogen-bond donors (Lipinski definition) is 1. The quantitative estimate of drug-likeness (QED) is 0.644. The van der Waals surface area contributed by atoms with Gasteiger partial charge in [-0.25, -0.2) is 9.38 Å². The third-order valence-electron chi connectivity index (χ3n) is 3.41. The second-order valence-electron chi connectivity index (χ2n) is 4.88. The molecule has 2 heterocycles. The van der Waals surface area contributed by atoms with E-state index in [9.17, 15) is 4.39 Å². The van der Waals surface area contributed by atoms with Gasteiger partial charge in [0.2, 0.25) is 0 Å². The average molecular weight is 282 g/mol. The molecule has 2 aromatic rings. The maximum atomic E-state index is 13.1. The standard InChI is InChI=1S/C16H15FN4/c1-11(20-9-12-2-3-14(17)15(18)8-12)21-7-5-13-4-6-19-10-16(13)21/h2-7,9-10H,8,18H2,1H3/b12-9-,20-11?. The van der Waals surface area contributed by atoms with Crippen LogP contribution in [0.4, 0.5) is 4.39 Å². The van der Waals surface area contributed by atoms with E-state index in [0.29, 0.717) is 6.42 Å². The molecule has 2 aromatic heterocycles. The summed E-state index contributed by atoms with van der Waals surface area (Å²) >= 11 is 0. The first-order valence-electron chi connectivity index (χ1n) is 6.62. The van der Waals surface area contributed by atoms with E-state index in [1.165, 1.54) is 6.08 Å². The van der Waals surface area contributed by atoms with Gasteiger partial charge in [-0.3, -0.25) is 4.98 Å². The number of pyridine rings is 1. The van der Waals surface area contributed by atoms with Gasteiger partial charge in [-0.1, -0.05) is 6.08 Å². The molecule has 0 amide bonds. The zero-order valence-electron chi connectivity index (χ0n) is 11.6. The molecule has 2 N–H and O–H groups in total. The van der Waals surface area contributed by atoms with Gasteiger partial charge in [0.05, 0.1) is 11.7 Å². The Morgan fingerprint density at radius 3 is 3.10 bits per heavy atom. The molecule has 1 aliphatic rings. The van der Waals surface area contributed by atoms with Crippen molar-refractivity contribution in [3.63, 3.8) is 0 Å². The molecule has 5 heteroatoms. The normalized spacial score (nSPS) is 18.0. The smallest absolute Gasteiger partial charge is 0.142 e. The summed E-state index contributed by atoms with van der Waals surface area (Å²) in [6.07, 6.45) is 10.7. The van der Waals surface area contributed by atoms with Crippen LogP contribution in [0.15, 0.2) is 71.2 Å². The van der Waals surface area contributed by atoms with Crippen molar-refractivity contribution < 1.29 is 4.39 Å². The third-order valence-corrected chi connectivity index (χ3v) is 3.41. The van der Waals surface area contributed by atoms with E-state index in [2.05, 4.69) is 9.98 Å². The highest BCUT2D eigenvalue weighted by atomic mass is 19.1. The highest BCUT2D eigenvalue weighted by molar-refractivity contribution is 5.93. The Morgan fingerprint density at radius 2 is 2.29 bits per heavy atom. The van der Waals surface area contributed by atoms with Crippen LogP contribution >= 0.6 is 0 Å². The van der Waals surface area contributed by atoms with E-state index in [-0.39, 0.29) is 11.5 Å². The van der Waals surface area contributed by atoms with Crippen molar-refractivity contribution in [1.82, 2.24) is 9.55 Å².